The van der Waals surface area contributed by atoms with Gasteiger partial charge in [-0.2, -0.15) is 0 Å². The van der Waals surface area contributed by atoms with Crippen LogP contribution in [0.4, 0.5) is 0 Å². The molecule has 0 aliphatic heterocycles. The molecule has 4 aromatic rings. The van der Waals surface area contributed by atoms with Crippen LogP contribution in [0.3, 0.4) is 0 Å². The minimum atomic E-state index is -0.436. The lowest BCUT2D eigenvalue weighted by molar-refractivity contribution is 0.0515. The highest BCUT2D eigenvalue weighted by atomic mass is 35.5. The molecular weight excluding hydrogens is 625 g/mol. The second-order valence-corrected chi connectivity index (χ2v) is 11.5. The molecule has 2 heterocycles. The van der Waals surface area contributed by atoms with Gasteiger partial charge in [0.05, 0.1) is 24.3 Å². The highest BCUT2D eigenvalue weighted by Gasteiger charge is 2.39. The van der Waals surface area contributed by atoms with Gasteiger partial charge in [-0.1, -0.05) is 67.1 Å². The largest absolute Gasteiger partial charge is 0.462 e. The fraction of sp³-hybridized carbons (Fsp3) is 0.371. The third kappa shape index (κ3) is 9.79. The van der Waals surface area contributed by atoms with E-state index in [-0.39, 0.29) is 34.6 Å². The number of hydrogen-bond acceptors (Lipinski definition) is 9. The first-order chi connectivity index (χ1) is 21.8. The van der Waals surface area contributed by atoms with Crippen molar-refractivity contribution in [1.82, 2.24) is 19.9 Å². The van der Waals surface area contributed by atoms with E-state index in [1.807, 2.05) is 12.1 Å². The van der Waals surface area contributed by atoms with E-state index in [9.17, 15) is 9.59 Å². The SMILES string of the molecule is CCOC(=O)c1cnc(CC2(c3ccccc3)CCC2)nc1.CCOC(=O)c1cnc(Cl)nc1.Cl.NC1(c2ccccc2)CCC1. The Balaban J connectivity index is 0.000000203. The van der Waals surface area contributed by atoms with Crippen LogP contribution in [0, 0.1) is 0 Å². The molecule has 2 fully saturated rings. The Kier molecular flexibility index (Phi) is 14.1. The summed E-state index contributed by atoms with van der Waals surface area (Å²) in [6.45, 7) is 4.21. The number of rotatable bonds is 8. The van der Waals surface area contributed by atoms with Crippen molar-refractivity contribution in [3.05, 3.63) is 119 Å². The monoisotopic (exact) mass is 665 g/mol. The van der Waals surface area contributed by atoms with Gasteiger partial charge in [-0.15, -0.1) is 12.4 Å². The molecule has 0 atom stereocenters. The van der Waals surface area contributed by atoms with Crippen molar-refractivity contribution in [2.24, 2.45) is 5.73 Å². The van der Waals surface area contributed by atoms with Gasteiger partial charge in [0.25, 0.3) is 0 Å². The van der Waals surface area contributed by atoms with Crippen LogP contribution in [0.25, 0.3) is 0 Å². The Bertz CT molecular complexity index is 1500. The lowest BCUT2D eigenvalue weighted by atomic mass is 9.62. The van der Waals surface area contributed by atoms with Crippen LogP contribution in [0.15, 0.2) is 85.5 Å². The standard InChI is InChI=1S/C18H20N2O2.C10H13N.C7H7ClN2O2.ClH/c1-2-22-17(21)14-12-19-16(20-13-14)11-18(9-6-10-18)15-7-4-3-5-8-15;11-10(7-4-8-10)9-5-2-1-3-6-9;1-2-12-6(11)5-3-9-7(8)10-4-5;/h3-5,7-8,12-13H,2,6,9-11H2,1H3;1-3,5-6H,4,7-8,11H2;3-4H,2H2,1H3;1H. The second-order valence-electron chi connectivity index (χ2n) is 11.1. The topological polar surface area (TPSA) is 130 Å². The van der Waals surface area contributed by atoms with Crippen molar-refractivity contribution < 1.29 is 19.1 Å². The number of ether oxygens (including phenoxy) is 2. The van der Waals surface area contributed by atoms with E-state index >= 15 is 0 Å². The van der Waals surface area contributed by atoms with Gasteiger partial charge in [0, 0.05) is 42.2 Å². The van der Waals surface area contributed by atoms with Crippen LogP contribution < -0.4 is 5.73 Å². The summed E-state index contributed by atoms with van der Waals surface area (Å²) < 4.78 is 9.66. The number of nitrogens with two attached hydrogens (primary N) is 1. The first-order valence-corrected chi connectivity index (χ1v) is 15.7. The van der Waals surface area contributed by atoms with Gasteiger partial charge in [0.15, 0.2) is 0 Å². The lowest BCUT2D eigenvalue weighted by Crippen LogP contribution is -2.43. The summed E-state index contributed by atoms with van der Waals surface area (Å²) in [7, 11) is 0. The summed E-state index contributed by atoms with van der Waals surface area (Å²) in [5, 5.41) is 0.114. The molecule has 2 aromatic carbocycles. The lowest BCUT2D eigenvalue weighted by Gasteiger charge is -2.42. The molecule has 2 aliphatic rings. The normalized spacial score (nSPS) is 15.0. The predicted molar refractivity (Wildman–Crippen MR) is 180 cm³/mol. The van der Waals surface area contributed by atoms with E-state index in [4.69, 9.17) is 26.8 Å². The maximum atomic E-state index is 11.6. The molecule has 0 saturated heterocycles. The maximum absolute atomic E-state index is 11.6. The van der Waals surface area contributed by atoms with Gasteiger partial charge in [0.1, 0.15) is 5.82 Å². The van der Waals surface area contributed by atoms with Crippen LogP contribution in [0.1, 0.15) is 90.0 Å². The van der Waals surface area contributed by atoms with Gasteiger partial charge < -0.3 is 15.2 Å². The molecule has 46 heavy (non-hydrogen) atoms. The number of halogens is 2. The molecule has 0 radical (unpaired) electrons. The Hall–Kier alpha value is -3.92. The average molecular weight is 667 g/mol. The number of nitrogens with zero attached hydrogens (tertiary/aromatic N) is 4. The highest BCUT2D eigenvalue weighted by Crippen LogP contribution is 2.45. The zero-order chi connectivity index (χ0) is 32.1. The molecule has 6 rings (SSSR count). The molecule has 9 nitrogen and oxygen atoms in total. The van der Waals surface area contributed by atoms with Crippen molar-refractivity contribution in [3.63, 3.8) is 0 Å². The van der Waals surface area contributed by atoms with Crippen LogP contribution >= 0.6 is 24.0 Å². The Labute approximate surface area is 281 Å². The van der Waals surface area contributed by atoms with Gasteiger partial charge in [-0.3, -0.25) is 0 Å². The maximum Gasteiger partial charge on any atom is 0.341 e. The molecule has 2 aromatic heterocycles. The zero-order valence-corrected chi connectivity index (χ0v) is 27.8. The first-order valence-electron chi connectivity index (χ1n) is 15.3. The second kappa shape index (κ2) is 17.7. The van der Waals surface area contributed by atoms with Gasteiger partial charge in [-0.05, 0) is 68.7 Å². The summed E-state index contributed by atoms with van der Waals surface area (Å²) >= 11 is 5.42. The van der Waals surface area contributed by atoms with Crippen LogP contribution in [0.2, 0.25) is 5.28 Å². The Morgan fingerprint density at radius 3 is 1.54 bits per heavy atom. The first kappa shape index (κ1) is 36.5. The molecule has 2 aliphatic carbocycles. The molecule has 244 valence electrons. The number of esters is 2. The number of carbonyl (C=O) groups is 2. The third-order valence-electron chi connectivity index (χ3n) is 8.14. The molecule has 0 unspecified atom stereocenters. The molecule has 0 bridgehead atoms. The van der Waals surface area contributed by atoms with E-state index < -0.39 is 5.97 Å². The van der Waals surface area contributed by atoms with E-state index in [0.717, 1.165) is 25.1 Å². The van der Waals surface area contributed by atoms with Crippen molar-refractivity contribution in [1.29, 1.82) is 0 Å². The Morgan fingerprint density at radius 2 is 1.15 bits per heavy atom. The van der Waals surface area contributed by atoms with E-state index in [1.54, 1.807) is 26.2 Å². The molecule has 11 heteroatoms. The van der Waals surface area contributed by atoms with Gasteiger partial charge >= 0.3 is 11.9 Å². The minimum Gasteiger partial charge on any atom is -0.462 e. The molecular formula is C35H41Cl2N5O4. The quantitative estimate of drug-likeness (QED) is 0.155. The smallest absolute Gasteiger partial charge is 0.341 e. The summed E-state index contributed by atoms with van der Waals surface area (Å²) in [6.07, 6.45) is 13.8. The average Bonchev–Trinajstić information content (AvgIpc) is 3.04. The summed E-state index contributed by atoms with van der Waals surface area (Å²) in [5.74, 6) is -0.0127. The van der Waals surface area contributed by atoms with Crippen LogP contribution in [0.5, 0.6) is 0 Å². The fourth-order valence-corrected chi connectivity index (χ4v) is 5.38. The third-order valence-corrected chi connectivity index (χ3v) is 8.33. The number of carbonyl (C=O) groups excluding carboxylic acids is 2. The van der Waals surface area contributed by atoms with E-state index in [0.29, 0.717) is 24.3 Å². The highest BCUT2D eigenvalue weighted by molar-refractivity contribution is 6.28. The minimum absolute atomic E-state index is 0. The summed E-state index contributed by atoms with van der Waals surface area (Å²) in [4.78, 5) is 38.6. The summed E-state index contributed by atoms with van der Waals surface area (Å²) in [5.41, 5.74) is 9.67. The molecule has 2 N–H and O–H groups in total. The van der Waals surface area contributed by atoms with Gasteiger partial charge in [0.2, 0.25) is 5.28 Å². The van der Waals surface area contributed by atoms with Crippen molar-refractivity contribution >= 4 is 35.9 Å². The Morgan fingerprint density at radius 1 is 0.717 bits per heavy atom. The summed E-state index contributed by atoms with van der Waals surface area (Å²) in [6, 6.07) is 21.0. The molecule has 0 amide bonds. The van der Waals surface area contributed by atoms with Gasteiger partial charge in [-0.25, -0.2) is 29.5 Å². The van der Waals surface area contributed by atoms with E-state index in [2.05, 4.69) is 68.5 Å². The van der Waals surface area contributed by atoms with E-state index in [1.165, 1.54) is 49.2 Å². The van der Waals surface area contributed by atoms with Crippen molar-refractivity contribution in [3.8, 4) is 0 Å². The number of benzene rings is 2. The van der Waals surface area contributed by atoms with Crippen LogP contribution in [-0.4, -0.2) is 45.1 Å². The predicted octanol–water partition coefficient (Wildman–Crippen LogP) is 7.07. The van der Waals surface area contributed by atoms with Crippen molar-refractivity contribution in [2.45, 2.75) is 69.7 Å². The molecule has 2 saturated carbocycles. The fourth-order valence-electron chi connectivity index (χ4n) is 5.28. The number of hydrogen-bond donors (Lipinski definition) is 1. The molecule has 0 spiro atoms. The zero-order valence-electron chi connectivity index (χ0n) is 26.2. The van der Waals surface area contributed by atoms with Crippen LogP contribution in [-0.2, 0) is 26.8 Å². The van der Waals surface area contributed by atoms with Crippen molar-refractivity contribution in [2.75, 3.05) is 13.2 Å². The number of aromatic nitrogens is 4.